The number of piperidine rings is 1. The van der Waals surface area contributed by atoms with Crippen LogP contribution in [0.15, 0.2) is 47.1 Å². The number of halogens is 1. The lowest BCUT2D eigenvalue weighted by Crippen LogP contribution is -2.41. The topological polar surface area (TPSA) is 42.4 Å². The monoisotopic (exact) mass is 374 g/mol. The van der Waals surface area contributed by atoms with Gasteiger partial charge >= 0.3 is 0 Å². The maximum Gasteiger partial charge on any atom is 0.255 e. The molecule has 1 aliphatic heterocycles. The SMILES string of the molecule is Cc1ccc(OC2CCN(C(=O)c3ccccc3Br)CC2)cn1. The average Bonchev–Trinajstić information content (AvgIpc) is 2.57. The van der Waals surface area contributed by atoms with E-state index < -0.39 is 0 Å². The number of hydrogen-bond acceptors (Lipinski definition) is 3. The molecule has 0 saturated carbocycles. The fourth-order valence-electron chi connectivity index (χ4n) is 2.70. The highest BCUT2D eigenvalue weighted by Gasteiger charge is 2.25. The molecule has 120 valence electrons. The number of likely N-dealkylation sites (tertiary alicyclic amines) is 1. The van der Waals surface area contributed by atoms with E-state index in [-0.39, 0.29) is 12.0 Å². The second-order valence-corrected chi connectivity index (χ2v) is 6.58. The predicted molar refractivity (Wildman–Crippen MR) is 92.7 cm³/mol. The molecular formula is C18H19BrN2O2. The van der Waals surface area contributed by atoms with Gasteiger partial charge in [-0.3, -0.25) is 9.78 Å². The number of hydrogen-bond donors (Lipinski definition) is 0. The summed E-state index contributed by atoms with van der Waals surface area (Å²) < 4.78 is 6.80. The van der Waals surface area contributed by atoms with E-state index in [9.17, 15) is 4.79 Å². The van der Waals surface area contributed by atoms with Crippen molar-refractivity contribution >= 4 is 21.8 Å². The molecule has 2 aromatic rings. The van der Waals surface area contributed by atoms with Crippen molar-refractivity contribution in [1.82, 2.24) is 9.88 Å². The molecule has 0 aliphatic carbocycles. The van der Waals surface area contributed by atoms with Crippen LogP contribution < -0.4 is 4.74 Å². The Hall–Kier alpha value is -1.88. The fraction of sp³-hybridized carbons (Fsp3) is 0.333. The van der Waals surface area contributed by atoms with Crippen LogP contribution in [0.5, 0.6) is 5.75 Å². The number of rotatable bonds is 3. The van der Waals surface area contributed by atoms with Crippen molar-refractivity contribution in [2.45, 2.75) is 25.9 Å². The van der Waals surface area contributed by atoms with Gasteiger partial charge in [0.05, 0.1) is 11.8 Å². The molecule has 5 heteroatoms. The van der Waals surface area contributed by atoms with Gasteiger partial charge < -0.3 is 9.64 Å². The molecule has 1 aromatic carbocycles. The summed E-state index contributed by atoms with van der Waals surface area (Å²) in [7, 11) is 0. The third-order valence-corrected chi connectivity index (χ3v) is 4.71. The molecule has 0 N–H and O–H groups in total. The molecule has 2 heterocycles. The molecule has 0 spiro atoms. The van der Waals surface area contributed by atoms with Crippen LogP contribution in [0.3, 0.4) is 0 Å². The Morgan fingerprint density at radius 3 is 2.61 bits per heavy atom. The molecule has 3 rings (SSSR count). The van der Waals surface area contributed by atoms with Gasteiger partial charge in [0, 0.05) is 36.1 Å². The minimum Gasteiger partial charge on any atom is -0.489 e. The van der Waals surface area contributed by atoms with Crippen LogP contribution in [-0.2, 0) is 0 Å². The summed E-state index contributed by atoms with van der Waals surface area (Å²) in [4.78, 5) is 18.7. The maximum atomic E-state index is 12.6. The first-order valence-corrected chi connectivity index (χ1v) is 8.56. The number of aryl methyl sites for hydroxylation is 1. The lowest BCUT2D eigenvalue weighted by molar-refractivity contribution is 0.0594. The number of carbonyl (C=O) groups excluding carboxylic acids is 1. The van der Waals surface area contributed by atoms with Crippen LogP contribution in [0, 0.1) is 6.92 Å². The van der Waals surface area contributed by atoms with Crippen LogP contribution >= 0.6 is 15.9 Å². The number of benzene rings is 1. The Kier molecular flexibility index (Phi) is 4.96. The van der Waals surface area contributed by atoms with Gasteiger partial charge in [-0.05, 0) is 47.1 Å². The lowest BCUT2D eigenvalue weighted by Gasteiger charge is -2.32. The average molecular weight is 375 g/mol. The molecule has 1 amide bonds. The molecule has 1 saturated heterocycles. The summed E-state index contributed by atoms with van der Waals surface area (Å²) in [5.74, 6) is 0.874. The highest BCUT2D eigenvalue weighted by molar-refractivity contribution is 9.10. The van der Waals surface area contributed by atoms with Gasteiger partial charge in [0.15, 0.2) is 0 Å². The molecule has 1 aromatic heterocycles. The van der Waals surface area contributed by atoms with Gasteiger partial charge in [-0.1, -0.05) is 12.1 Å². The predicted octanol–water partition coefficient (Wildman–Crippen LogP) is 3.84. The number of ether oxygens (including phenoxy) is 1. The van der Waals surface area contributed by atoms with Crippen LogP contribution in [-0.4, -0.2) is 35.0 Å². The number of nitrogens with zero attached hydrogens (tertiary/aromatic N) is 2. The second-order valence-electron chi connectivity index (χ2n) is 5.72. The molecule has 0 bridgehead atoms. The van der Waals surface area contributed by atoms with Crippen molar-refractivity contribution in [2.75, 3.05) is 13.1 Å². The van der Waals surface area contributed by atoms with Crippen molar-refractivity contribution in [3.63, 3.8) is 0 Å². The zero-order chi connectivity index (χ0) is 16.2. The van der Waals surface area contributed by atoms with E-state index in [2.05, 4.69) is 20.9 Å². The zero-order valence-corrected chi connectivity index (χ0v) is 14.6. The van der Waals surface area contributed by atoms with Gasteiger partial charge in [0.1, 0.15) is 11.9 Å². The molecular weight excluding hydrogens is 356 g/mol. The van der Waals surface area contributed by atoms with Crippen LogP contribution in [0.4, 0.5) is 0 Å². The molecule has 1 aliphatic rings. The Morgan fingerprint density at radius 2 is 1.96 bits per heavy atom. The molecule has 0 unspecified atom stereocenters. The summed E-state index contributed by atoms with van der Waals surface area (Å²) in [6, 6.07) is 11.4. The van der Waals surface area contributed by atoms with E-state index >= 15 is 0 Å². The van der Waals surface area contributed by atoms with Crippen LogP contribution in [0.2, 0.25) is 0 Å². The zero-order valence-electron chi connectivity index (χ0n) is 13.0. The maximum absolute atomic E-state index is 12.6. The van der Waals surface area contributed by atoms with Crippen LogP contribution in [0.1, 0.15) is 28.9 Å². The van der Waals surface area contributed by atoms with Crippen molar-refractivity contribution in [1.29, 1.82) is 0 Å². The third kappa shape index (κ3) is 3.91. The summed E-state index contributed by atoms with van der Waals surface area (Å²) in [5, 5.41) is 0. The highest BCUT2D eigenvalue weighted by Crippen LogP contribution is 2.22. The highest BCUT2D eigenvalue weighted by atomic mass is 79.9. The van der Waals surface area contributed by atoms with Crippen molar-refractivity contribution < 1.29 is 9.53 Å². The number of pyridine rings is 1. The smallest absolute Gasteiger partial charge is 0.255 e. The van der Waals surface area contributed by atoms with Gasteiger partial charge in [0.25, 0.3) is 5.91 Å². The van der Waals surface area contributed by atoms with Gasteiger partial charge in [-0.15, -0.1) is 0 Å². The van der Waals surface area contributed by atoms with Crippen molar-refractivity contribution in [2.24, 2.45) is 0 Å². The standard InChI is InChI=1S/C18H19BrN2O2/c1-13-6-7-15(12-20-13)23-14-8-10-21(11-9-14)18(22)16-4-2-3-5-17(16)19/h2-7,12,14H,8-11H2,1H3. The first-order chi connectivity index (χ1) is 11.1. The van der Waals surface area contributed by atoms with E-state index in [0.717, 1.165) is 34.3 Å². The number of aromatic nitrogens is 1. The van der Waals surface area contributed by atoms with Crippen molar-refractivity contribution in [3.8, 4) is 5.75 Å². The van der Waals surface area contributed by atoms with Crippen LogP contribution in [0.25, 0.3) is 0 Å². The molecule has 0 radical (unpaired) electrons. The Bertz CT molecular complexity index is 680. The molecule has 0 atom stereocenters. The van der Waals surface area contributed by atoms with E-state index in [1.807, 2.05) is 48.2 Å². The Balaban J connectivity index is 1.57. The molecule has 23 heavy (non-hydrogen) atoms. The normalized spacial score (nSPS) is 15.5. The summed E-state index contributed by atoms with van der Waals surface area (Å²) >= 11 is 3.45. The van der Waals surface area contributed by atoms with E-state index in [4.69, 9.17) is 4.74 Å². The Labute approximate surface area is 144 Å². The first-order valence-electron chi connectivity index (χ1n) is 7.76. The van der Waals surface area contributed by atoms with E-state index in [0.29, 0.717) is 13.1 Å². The van der Waals surface area contributed by atoms with E-state index in [1.165, 1.54) is 0 Å². The minimum atomic E-state index is 0.0768. The second kappa shape index (κ2) is 7.13. The first kappa shape index (κ1) is 16.0. The quantitative estimate of drug-likeness (QED) is 0.819. The lowest BCUT2D eigenvalue weighted by atomic mass is 10.1. The largest absolute Gasteiger partial charge is 0.489 e. The Morgan fingerprint density at radius 1 is 1.22 bits per heavy atom. The van der Waals surface area contributed by atoms with Crippen molar-refractivity contribution in [3.05, 3.63) is 58.3 Å². The minimum absolute atomic E-state index is 0.0768. The summed E-state index contributed by atoms with van der Waals surface area (Å²) in [5.41, 5.74) is 1.70. The summed E-state index contributed by atoms with van der Waals surface area (Å²) in [6.07, 6.45) is 3.57. The van der Waals surface area contributed by atoms with Gasteiger partial charge in [-0.25, -0.2) is 0 Å². The van der Waals surface area contributed by atoms with Gasteiger partial charge in [0.2, 0.25) is 0 Å². The van der Waals surface area contributed by atoms with E-state index in [1.54, 1.807) is 6.20 Å². The number of carbonyl (C=O) groups is 1. The molecule has 4 nitrogen and oxygen atoms in total. The molecule has 1 fully saturated rings. The fourth-order valence-corrected chi connectivity index (χ4v) is 3.15. The third-order valence-electron chi connectivity index (χ3n) is 4.02. The summed E-state index contributed by atoms with van der Waals surface area (Å²) in [6.45, 7) is 3.38. The van der Waals surface area contributed by atoms with Gasteiger partial charge in [-0.2, -0.15) is 0 Å². The number of amides is 1.